The molecule has 4 nitrogen and oxygen atoms in total. The van der Waals surface area contributed by atoms with E-state index in [1.54, 1.807) is 0 Å². The van der Waals surface area contributed by atoms with Gasteiger partial charge in [0.2, 0.25) is 0 Å². The van der Waals surface area contributed by atoms with Gasteiger partial charge in [-0.05, 0) is 26.4 Å². The van der Waals surface area contributed by atoms with Gasteiger partial charge < -0.3 is 4.74 Å². The lowest BCUT2D eigenvalue weighted by Gasteiger charge is -2.26. The molecule has 1 unspecified atom stereocenters. The summed E-state index contributed by atoms with van der Waals surface area (Å²) in [5.41, 5.74) is 0.567. The van der Waals surface area contributed by atoms with Crippen LogP contribution in [0.1, 0.15) is 27.2 Å². The van der Waals surface area contributed by atoms with Crippen LogP contribution in [-0.2, 0) is 9.53 Å². The fraction of sp³-hybridized carbons (Fsp3) is 0.786. The highest BCUT2D eigenvalue weighted by molar-refractivity contribution is 5.88. The number of hydrogen-bond acceptors (Lipinski definition) is 4. The van der Waals surface area contributed by atoms with Crippen molar-refractivity contribution in [3.8, 4) is 0 Å². The van der Waals surface area contributed by atoms with E-state index < -0.39 is 0 Å². The number of nitrogens with zero attached hydrogens (tertiary/aromatic N) is 2. The van der Waals surface area contributed by atoms with Gasteiger partial charge in [0.15, 0.2) is 0 Å². The SMILES string of the molecule is C=C(CN1CCC(N(CC)CC)C1)C(=O)OCC. The van der Waals surface area contributed by atoms with E-state index in [9.17, 15) is 4.79 Å². The number of rotatable bonds is 7. The molecule has 0 bridgehead atoms. The molecule has 1 aliphatic heterocycles. The van der Waals surface area contributed by atoms with Crippen molar-refractivity contribution >= 4 is 5.97 Å². The maximum absolute atomic E-state index is 11.5. The molecular formula is C14H26N2O2. The summed E-state index contributed by atoms with van der Waals surface area (Å²) in [5.74, 6) is -0.260. The van der Waals surface area contributed by atoms with Crippen LogP contribution in [0.15, 0.2) is 12.2 Å². The first-order chi connectivity index (χ1) is 8.62. The van der Waals surface area contributed by atoms with Crippen LogP contribution in [0.2, 0.25) is 0 Å². The van der Waals surface area contributed by atoms with E-state index in [0.717, 1.165) is 26.2 Å². The Hall–Kier alpha value is -0.870. The molecule has 0 N–H and O–H groups in total. The fourth-order valence-corrected chi connectivity index (χ4v) is 2.56. The van der Waals surface area contributed by atoms with Crippen molar-refractivity contribution in [3.63, 3.8) is 0 Å². The van der Waals surface area contributed by atoms with Crippen LogP contribution in [0.25, 0.3) is 0 Å². The Morgan fingerprint density at radius 2 is 2.06 bits per heavy atom. The van der Waals surface area contributed by atoms with Crippen LogP contribution >= 0.6 is 0 Å². The average Bonchev–Trinajstić information content (AvgIpc) is 2.79. The summed E-state index contributed by atoms with van der Waals surface area (Å²) in [4.78, 5) is 16.3. The van der Waals surface area contributed by atoms with Crippen molar-refractivity contribution < 1.29 is 9.53 Å². The van der Waals surface area contributed by atoms with Gasteiger partial charge in [0.1, 0.15) is 0 Å². The van der Waals surface area contributed by atoms with E-state index in [1.807, 2.05) is 6.92 Å². The zero-order valence-electron chi connectivity index (χ0n) is 11.9. The second kappa shape index (κ2) is 7.54. The molecule has 1 heterocycles. The Morgan fingerprint density at radius 3 is 2.61 bits per heavy atom. The number of hydrogen-bond donors (Lipinski definition) is 0. The average molecular weight is 254 g/mol. The molecule has 1 saturated heterocycles. The normalized spacial score (nSPS) is 20.3. The van der Waals surface area contributed by atoms with Crippen LogP contribution in [-0.4, -0.2) is 61.1 Å². The van der Waals surface area contributed by atoms with Gasteiger partial charge in [0.25, 0.3) is 0 Å². The molecule has 0 aromatic heterocycles. The lowest BCUT2D eigenvalue weighted by molar-refractivity contribution is -0.138. The molecule has 18 heavy (non-hydrogen) atoms. The number of esters is 1. The third-order valence-corrected chi connectivity index (χ3v) is 3.55. The molecule has 0 radical (unpaired) electrons. The van der Waals surface area contributed by atoms with Gasteiger partial charge in [0, 0.05) is 31.2 Å². The Kier molecular flexibility index (Phi) is 6.36. The van der Waals surface area contributed by atoms with Gasteiger partial charge in [-0.25, -0.2) is 4.79 Å². The number of likely N-dealkylation sites (N-methyl/N-ethyl adjacent to an activating group) is 1. The molecule has 0 spiro atoms. The van der Waals surface area contributed by atoms with Crippen LogP contribution in [0.3, 0.4) is 0 Å². The van der Waals surface area contributed by atoms with E-state index in [2.05, 4.69) is 30.2 Å². The predicted octanol–water partition coefficient (Wildman–Crippen LogP) is 1.52. The number of likely N-dealkylation sites (tertiary alicyclic amines) is 1. The first-order valence-electron chi connectivity index (χ1n) is 6.93. The summed E-state index contributed by atoms with van der Waals surface area (Å²) in [6.45, 7) is 15.3. The molecule has 1 fully saturated rings. The van der Waals surface area contributed by atoms with Crippen molar-refractivity contribution in [2.24, 2.45) is 0 Å². The Bertz CT molecular complexity index is 288. The Morgan fingerprint density at radius 1 is 1.39 bits per heavy atom. The second-order valence-electron chi connectivity index (χ2n) is 4.72. The molecule has 104 valence electrons. The van der Waals surface area contributed by atoms with Gasteiger partial charge in [-0.15, -0.1) is 0 Å². The zero-order valence-corrected chi connectivity index (χ0v) is 11.9. The summed E-state index contributed by atoms with van der Waals surface area (Å²) in [6.07, 6.45) is 1.18. The predicted molar refractivity (Wildman–Crippen MR) is 73.5 cm³/mol. The summed E-state index contributed by atoms with van der Waals surface area (Å²) < 4.78 is 4.96. The van der Waals surface area contributed by atoms with Gasteiger partial charge in [-0.1, -0.05) is 20.4 Å². The monoisotopic (exact) mass is 254 g/mol. The Labute approximate surface area is 111 Å². The van der Waals surface area contributed by atoms with E-state index in [-0.39, 0.29) is 5.97 Å². The molecule has 0 saturated carbocycles. The van der Waals surface area contributed by atoms with E-state index in [4.69, 9.17) is 4.74 Å². The molecule has 0 aromatic rings. The van der Waals surface area contributed by atoms with Crippen molar-refractivity contribution in [2.75, 3.05) is 39.3 Å². The van der Waals surface area contributed by atoms with Gasteiger partial charge in [-0.3, -0.25) is 9.80 Å². The third kappa shape index (κ3) is 4.10. The van der Waals surface area contributed by atoms with E-state index in [1.165, 1.54) is 6.42 Å². The number of carbonyl (C=O) groups excluding carboxylic acids is 1. The highest BCUT2D eigenvalue weighted by atomic mass is 16.5. The second-order valence-corrected chi connectivity index (χ2v) is 4.72. The molecule has 1 aliphatic rings. The van der Waals surface area contributed by atoms with Gasteiger partial charge in [0.05, 0.1) is 6.61 Å². The molecule has 0 amide bonds. The molecule has 0 aromatic carbocycles. The summed E-state index contributed by atoms with van der Waals surface area (Å²) in [5, 5.41) is 0. The van der Waals surface area contributed by atoms with Crippen LogP contribution in [0.4, 0.5) is 0 Å². The fourth-order valence-electron chi connectivity index (χ4n) is 2.56. The van der Waals surface area contributed by atoms with Crippen LogP contribution in [0.5, 0.6) is 0 Å². The lowest BCUT2D eigenvalue weighted by atomic mass is 10.2. The van der Waals surface area contributed by atoms with Crippen LogP contribution < -0.4 is 0 Å². The van der Waals surface area contributed by atoms with Crippen molar-refractivity contribution in [1.82, 2.24) is 9.80 Å². The van der Waals surface area contributed by atoms with Crippen molar-refractivity contribution in [3.05, 3.63) is 12.2 Å². The maximum atomic E-state index is 11.5. The highest BCUT2D eigenvalue weighted by Gasteiger charge is 2.27. The van der Waals surface area contributed by atoms with Gasteiger partial charge >= 0.3 is 5.97 Å². The number of carbonyl (C=O) groups is 1. The molecular weight excluding hydrogens is 228 g/mol. The summed E-state index contributed by atoms with van der Waals surface area (Å²) in [7, 11) is 0. The van der Waals surface area contributed by atoms with Gasteiger partial charge in [-0.2, -0.15) is 0 Å². The molecule has 0 aliphatic carbocycles. The third-order valence-electron chi connectivity index (χ3n) is 3.55. The zero-order chi connectivity index (χ0) is 13.5. The highest BCUT2D eigenvalue weighted by Crippen LogP contribution is 2.16. The number of ether oxygens (including phenoxy) is 1. The topological polar surface area (TPSA) is 32.8 Å². The minimum absolute atomic E-state index is 0.260. The van der Waals surface area contributed by atoms with E-state index in [0.29, 0.717) is 24.8 Å². The molecule has 1 rings (SSSR count). The molecule has 1 atom stereocenters. The smallest absolute Gasteiger partial charge is 0.334 e. The maximum Gasteiger partial charge on any atom is 0.334 e. The summed E-state index contributed by atoms with van der Waals surface area (Å²) >= 11 is 0. The minimum Gasteiger partial charge on any atom is -0.463 e. The first-order valence-corrected chi connectivity index (χ1v) is 6.93. The largest absolute Gasteiger partial charge is 0.463 e. The Balaban J connectivity index is 2.38. The van der Waals surface area contributed by atoms with E-state index >= 15 is 0 Å². The van der Waals surface area contributed by atoms with Crippen molar-refractivity contribution in [2.45, 2.75) is 33.2 Å². The standard InChI is InChI=1S/C14H26N2O2/c1-5-16(6-2)13-8-9-15(11-13)10-12(4)14(17)18-7-3/h13H,4-11H2,1-3H3. The molecule has 4 heteroatoms. The minimum atomic E-state index is -0.260. The van der Waals surface area contributed by atoms with Crippen LogP contribution in [0, 0.1) is 0 Å². The first kappa shape index (κ1) is 15.2. The lowest BCUT2D eigenvalue weighted by Crippen LogP contribution is -2.37. The van der Waals surface area contributed by atoms with Crippen molar-refractivity contribution in [1.29, 1.82) is 0 Å². The summed E-state index contributed by atoms with van der Waals surface area (Å²) in [6, 6.07) is 0.620. The quantitative estimate of drug-likeness (QED) is 0.509.